The summed E-state index contributed by atoms with van der Waals surface area (Å²) < 4.78 is 101. The molecule has 132 valence electrons. The van der Waals surface area contributed by atoms with E-state index in [9.17, 15) is 35.1 Å². The summed E-state index contributed by atoms with van der Waals surface area (Å²) in [6.45, 7) is 2.84. The molecule has 0 aromatic carbocycles. The second-order valence-corrected chi connectivity index (χ2v) is 4.42. The first-order valence-corrected chi connectivity index (χ1v) is 5.55. The zero-order valence-corrected chi connectivity index (χ0v) is 11.1. The van der Waals surface area contributed by atoms with E-state index in [2.05, 4.69) is 11.8 Å². The van der Waals surface area contributed by atoms with Gasteiger partial charge in [-0.05, 0) is 0 Å². The van der Waals surface area contributed by atoms with Gasteiger partial charge in [-0.3, -0.25) is 5.01 Å². The number of hydrazone groups is 1. The van der Waals surface area contributed by atoms with Crippen molar-refractivity contribution >= 4 is 6.72 Å². The van der Waals surface area contributed by atoms with E-state index in [-0.39, 0.29) is 0 Å². The Labute approximate surface area is 119 Å². The molecule has 3 unspecified atom stereocenters. The topological polar surface area (TPSA) is 73.9 Å². The minimum atomic E-state index is -6.17. The highest BCUT2D eigenvalue weighted by atomic mass is 19.4. The fourth-order valence-electron chi connectivity index (χ4n) is 1.74. The number of nitrogens with two attached hydrogens (primary N) is 1. The van der Waals surface area contributed by atoms with Crippen molar-refractivity contribution in [2.24, 2.45) is 16.8 Å². The number of nitrogens with zero attached hydrogens (tertiary/aromatic N) is 2. The average molecular weight is 346 g/mol. The van der Waals surface area contributed by atoms with Gasteiger partial charge in [-0.25, -0.2) is 0 Å². The van der Waals surface area contributed by atoms with Crippen LogP contribution in [0.3, 0.4) is 0 Å². The summed E-state index contributed by atoms with van der Waals surface area (Å²) in [6, 6.07) is -2.25. The predicted octanol–water partition coefficient (Wildman–Crippen LogP) is 1.93. The summed E-state index contributed by atoms with van der Waals surface area (Å²) in [5, 5.41) is 11.9. The van der Waals surface area contributed by atoms with Crippen LogP contribution >= 0.6 is 0 Å². The monoisotopic (exact) mass is 346 g/mol. The molecule has 0 bridgehead atoms. The van der Waals surface area contributed by atoms with Crippen LogP contribution < -0.4 is 11.2 Å². The second kappa shape index (κ2) is 6.91. The van der Waals surface area contributed by atoms with Crippen molar-refractivity contribution in [1.29, 1.82) is 0 Å². The molecule has 0 saturated heterocycles. The third-order valence-corrected chi connectivity index (χ3v) is 2.90. The molecule has 22 heavy (non-hydrogen) atoms. The number of hydrogen-bond donors (Lipinski definition) is 3. The molecule has 3 atom stereocenters. The molecule has 0 saturated carbocycles. The molecule has 0 heterocycles. The van der Waals surface area contributed by atoms with E-state index >= 15 is 0 Å². The van der Waals surface area contributed by atoms with Crippen molar-refractivity contribution in [2.45, 2.75) is 36.9 Å². The number of alkyl halides is 8. The van der Waals surface area contributed by atoms with Gasteiger partial charge in [0.25, 0.3) is 0 Å². The Morgan fingerprint density at radius 1 is 1.18 bits per heavy atom. The number of hydrogen-bond acceptors (Lipinski definition) is 5. The van der Waals surface area contributed by atoms with Gasteiger partial charge in [0.05, 0.1) is 12.0 Å². The maximum absolute atomic E-state index is 13.0. The Morgan fingerprint density at radius 3 is 1.91 bits per heavy atom. The van der Waals surface area contributed by atoms with E-state index in [1.807, 2.05) is 0 Å². The van der Waals surface area contributed by atoms with E-state index in [4.69, 9.17) is 10.9 Å². The Kier molecular flexibility index (Phi) is 6.53. The average Bonchev–Trinajstić information content (AvgIpc) is 2.34. The maximum atomic E-state index is 13.0. The number of nitrogens with one attached hydrogen (secondary N) is 1. The van der Waals surface area contributed by atoms with Crippen molar-refractivity contribution in [2.75, 3.05) is 7.05 Å². The van der Waals surface area contributed by atoms with E-state index in [1.54, 1.807) is 0 Å². The SMILES string of the molecule is C=NN(C)C(C(N)NO)C(CC(F)(F)C(F)(F)F)C(F)(F)F. The van der Waals surface area contributed by atoms with Crippen LogP contribution in [0.5, 0.6) is 0 Å². The highest BCUT2D eigenvalue weighted by Crippen LogP contribution is 2.45. The lowest BCUT2D eigenvalue weighted by atomic mass is 9.89. The van der Waals surface area contributed by atoms with E-state index in [0.717, 1.165) is 7.05 Å². The van der Waals surface area contributed by atoms with Crippen molar-refractivity contribution in [3.63, 3.8) is 0 Å². The second-order valence-electron chi connectivity index (χ2n) is 4.42. The predicted molar refractivity (Wildman–Crippen MR) is 59.2 cm³/mol. The molecule has 0 radical (unpaired) electrons. The molecular formula is C9H14F8N4O. The summed E-state index contributed by atoms with van der Waals surface area (Å²) in [6.07, 6.45) is -16.3. The van der Waals surface area contributed by atoms with Gasteiger partial charge in [0.15, 0.2) is 0 Å². The van der Waals surface area contributed by atoms with Gasteiger partial charge in [0.2, 0.25) is 0 Å². The summed E-state index contributed by atoms with van der Waals surface area (Å²) in [7, 11) is 0.833. The molecule has 0 aromatic rings. The standard InChI is InChI=1S/C9H14F8N4O/c1-19-21(2)5(6(18)20-22)4(8(12,13)14)3-7(10,11)9(15,16)17/h4-6,20,22H,1,3,18H2,2H3. The quantitative estimate of drug-likeness (QED) is 0.285. The molecule has 0 aliphatic heterocycles. The first-order valence-electron chi connectivity index (χ1n) is 5.55. The largest absolute Gasteiger partial charge is 0.453 e. The minimum Gasteiger partial charge on any atom is -0.315 e. The van der Waals surface area contributed by atoms with Gasteiger partial charge in [-0.2, -0.15) is 45.7 Å². The highest BCUT2D eigenvalue weighted by Gasteiger charge is 2.63. The summed E-state index contributed by atoms with van der Waals surface area (Å²) in [5.74, 6) is -8.85. The number of rotatable bonds is 7. The molecule has 0 aliphatic rings. The molecular weight excluding hydrogens is 332 g/mol. The van der Waals surface area contributed by atoms with Crippen LogP contribution in [-0.2, 0) is 0 Å². The van der Waals surface area contributed by atoms with Crippen LogP contribution in [0, 0.1) is 5.92 Å². The Balaban J connectivity index is 5.75. The molecule has 0 fully saturated rings. The molecule has 4 N–H and O–H groups in total. The normalized spacial score (nSPS) is 17.8. The van der Waals surface area contributed by atoms with Crippen LogP contribution in [-0.4, -0.2) is 54.5 Å². The minimum absolute atomic E-state index is 0.346. The third kappa shape index (κ3) is 4.91. The van der Waals surface area contributed by atoms with Crippen LogP contribution in [0.25, 0.3) is 0 Å². The molecule has 13 heteroatoms. The summed E-state index contributed by atoms with van der Waals surface area (Å²) >= 11 is 0. The first kappa shape index (κ1) is 20.8. The van der Waals surface area contributed by atoms with Crippen molar-refractivity contribution in [3.05, 3.63) is 0 Å². The summed E-state index contributed by atoms with van der Waals surface area (Å²) in [5.41, 5.74) is 6.28. The lowest BCUT2D eigenvalue weighted by molar-refractivity contribution is -0.304. The Bertz CT molecular complexity index is 372. The molecule has 0 aromatic heterocycles. The van der Waals surface area contributed by atoms with Crippen molar-refractivity contribution < 1.29 is 40.3 Å². The number of likely N-dealkylation sites (N-methyl/N-ethyl adjacent to an activating group) is 1. The number of hydroxylamine groups is 1. The molecule has 5 nitrogen and oxygen atoms in total. The van der Waals surface area contributed by atoms with Crippen LogP contribution in [0.4, 0.5) is 35.1 Å². The van der Waals surface area contributed by atoms with Crippen LogP contribution in [0.2, 0.25) is 0 Å². The molecule has 0 rings (SSSR count). The van der Waals surface area contributed by atoms with Gasteiger partial charge >= 0.3 is 18.3 Å². The third-order valence-electron chi connectivity index (χ3n) is 2.90. The van der Waals surface area contributed by atoms with E-state index in [1.165, 1.54) is 5.48 Å². The van der Waals surface area contributed by atoms with Crippen LogP contribution in [0.1, 0.15) is 6.42 Å². The van der Waals surface area contributed by atoms with E-state index in [0.29, 0.717) is 5.01 Å². The Hall–Kier alpha value is -1.21. The van der Waals surface area contributed by atoms with E-state index < -0.39 is 42.8 Å². The van der Waals surface area contributed by atoms with Gasteiger partial charge in [-0.1, -0.05) is 0 Å². The molecule has 0 amide bonds. The van der Waals surface area contributed by atoms with Crippen LogP contribution in [0.15, 0.2) is 5.10 Å². The zero-order chi connectivity index (χ0) is 17.9. The smallest absolute Gasteiger partial charge is 0.315 e. The van der Waals surface area contributed by atoms with Crippen molar-refractivity contribution in [3.8, 4) is 0 Å². The fraction of sp³-hybridized carbons (Fsp3) is 0.889. The number of halogens is 8. The van der Waals surface area contributed by atoms with Gasteiger partial charge < -0.3 is 10.9 Å². The van der Waals surface area contributed by atoms with Gasteiger partial charge in [-0.15, -0.1) is 0 Å². The highest BCUT2D eigenvalue weighted by molar-refractivity contribution is 5.22. The molecule has 0 spiro atoms. The zero-order valence-electron chi connectivity index (χ0n) is 11.1. The summed E-state index contributed by atoms with van der Waals surface area (Å²) in [4.78, 5) is 0. The lowest BCUT2D eigenvalue weighted by Gasteiger charge is -2.38. The lowest BCUT2D eigenvalue weighted by Crippen LogP contribution is -2.59. The fourth-order valence-corrected chi connectivity index (χ4v) is 1.74. The molecule has 0 aliphatic carbocycles. The maximum Gasteiger partial charge on any atom is 0.453 e. The van der Waals surface area contributed by atoms with Crippen molar-refractivity contribution in [1.82, 2.24) is 10.5 Å². The first-order chi connectivity index (χ1) is 9.69. The van der Waals surface area contributed by atoms with Gasteiger partial charge in [0, 0.05) is 20.2 Å². The Morgan fingerprint density at radius 2 is 1.64 bits per heavy atom. The van der Waals surface area contributed by atoms with Gasteiger partial charge in [0.1, 0.15) is 6.17 Å².